The molecule has 80 valence electrons. The monoisotopic (exact) mass is 224 g/mol. The Bertz CT molecular complexity index is 372. The number of amides is 1. The van der Waals surface area contributed by atoms with Crippen LogP contribution in [-0.4, -0.2) is 27.9 Å². The largest absolute Gasteiger partial charge is 0.405 e. The standard InChI is InChI=1S/C9H12N4OS/c10-3-1-6(5-11)13-4-2-7(12)8(15)9(13)14/h1,3,5,12H,2,4,10-11H2. The second-order valence-electron chi connectivity index (χ2n) is 2.97. The number of rotatable bonds is 2. The summed E-state index contributed by atoms with van der Waals surface area (Å²) in [5.41, 5.74) is 11.3. The Labute approximate surface area is 92.9 Å². The first kappa shape index (κ1) is 11.4. The van der Waals surface area contributed by atoms with Gasteiger partial charge in [0.2, 0.25) is 0 Å². The van der Waals surface area contributed by atoms with Gasteiger partial charge in [-0.1, -0.05) is 12.2 Å². The Morgan fingerprint density at radius 1 is 1.53 bits per heavy atom. The number of hydrogen-bond acceptors (Lipinski definition) is 5. The lowest BCUT2D eigenvalue weighted by Gasteiger charge is -2.27. The lowest BCUT2D eigenvalue weighted by molar-refractivity contribution is -0.122. The first-order valence-electron chi connectivity index (χ1n) is 4.35. The molecular formula is C9H12N4OS. The number of hydrogen-bond donors (Lipinski definition) is 3. The third-order valence-electron chi connectivity index (χ3n) is 2.05. The molecule has 0 unspecified atom stereocenters. The fourth-order valence-corrected chi connectivity index (χ4v) is 1.48. The highest BCUT2D eigenvalue weighted by Gasteiger charge is 2.28. The van der Waals surface area contributed by atoms with Gasteiger partial charge in [0.05, 0.1) is 11.4 Å². The Hall–Kier alpha value is -1.69. The Morgan fingerprint density at radius 3 is 2.73 bits per heavy atom. The molecule has 0 atom stereocenters. The van der Waals surface area contributed by atoms with E-state index in [9.17, 15) is 4.79 Å². The van der Waals surface area contributed by atoms with Gasteiger partial charge >= 0.3 is 0 Å². The Morgan fingerprint density at radius 2 is 2.20 bits per heavy atom. The van der Waals surface area contributed by atoms with Gasteiger partial charge < -0.3 is 21.8 Å². The Balaban J connectivity index is 2.93. The summed E-state index contributed by atoms with van der Waals surface area (Å²) in [5.74, 6) is -0.365. The van der Waals surface area contributed by atoms with Crippen molar-refractivity contribution in [3.8, 4) is 0 Å². The SMILES string of the molecule is N=C1CCN(C(C=CN)=CN)C(=O)C1=S. The van der Waals surface area contributed by atoms with Gasteiger partial charge in [0, 0.05) is 19.2 Å². The molecule has 0 bridgehead atoms. The summed E-state index contributed by atoms with van der Waals surface area (Å²) < 4.78 is 0. The van der Waals surface area contributed by atoms with E-state index >= 15 is 0 Å². The van der Waals surface area contributed by atoms with Gasteiger partial charge in [0.15, 0.2) is 0 Å². The van der Waals surface area contributed by atoms with Crippen LogP contribution in [0.3, 0.4) is 0 Å². The molecule has 0 aromatic rings. The van der Waals surface area contributed by atoms with Crippen molar-refractivity contribution in [3.05, 3.63) is 24.2 Å². The van der Waals surface area contributed by atoms with Gasteiger partial charge in [-0.15, -0.1) is 0 Å². The first-order chi connectivity index (χ1) is 7.11. The average molecular weight is 224 g/mol. The molecule has 1 aliphatic heterocycles. The van der Waals surface area contributed by atoms with Crippen LogP contribution < -0.4 is 11.5 Å². The number of nitrogens with zero attached hydrogens (tertiary/aromatic N) is 1. The highest BCUT2D eigenvalue weighted by Crippen LogP contribution is 2.13. The summed E-state index contributed by atoms with van der Waals surface area (Å²) in [5, 5.41) is 7.43. The molecule has 1 rings (SSSR count). The van der Waals surface area contributed by atoms with E-state index in [-0.39, 0.29) is 16.5 Å². The van der Waals surface area contributed by atoms with Gasteiger partial charge in [0.1, 0.15) is 4.86 Å². The fraction of sp³-hybridized carbons (Fsp3) is 0.222. The summed E-state index contributed by atoms with van der Waals surface area (Å²) in [7, 11) is 0. The van der Waals surface area contributed by atoms with Crippen LogP contribution in [0, 0.1) is 5.41 Å². The van der Waals surface area contributed by atoms with Crippen molar-refractivity contribution in [3.63, 3.8) is 0 Å². The van der Waals surface area contributed by atoms with E-state index in [2.05, 4.69) is 0 Å². The minimum Gasteiger partial charge on any atom is -0.405 e. The van der Waals surface area contributed by atoms with E-state index in [0.29, 0.717) is 18.7 Å². The number of piperidine rings is 1. The zero-order valence-electron chi connectivity index (χ0n) is 8.06. The molecule has 1 fully saturated rings. The van der Waals surface area contributed by atoms with Crippen LogP contribution in [0.25, 0.3) is 0 Å². The van der Waals surface area contributed by atoms with Gasteiger partial charge in [-0.2, -0.15) is 0 Å². The summed E-state index contributed by atoms with van der Waals surface area (Å²) in [6.07, 6.45) is 4.56. The highest BCUT2D eigenvalue weighted by atomic mass is 32.1. The topological polar surface area (TPSA) is 96.2 Å². The van der Waals surface area contributed by atoms with Crippen molar-refractivity contribution >= 4 is 28.7 Å². The normalized spacial score (nSPS) is 19.1. The molecule has 5 N–H and O–H groups in total. The van der Waals surface area contributed by atoms with Crippen molar-refractivity contribution < 1.29 is 4.79 Å². The van der Waals surface area contributed by atoms with Gasteiger partial charge in [0.25, 0.3) is 5.91 Å². The van der Waals surface area contributed by atoms with E-state index in [4.69, 9.17) is 29.1 Å². The number of thiocarbonyl (C=S) groups is 1. The van der Waals surface area contributed by atoms with Crippen LogP contribution in [0.4, 0.5) is 0 Å². The summed E-state index contributed by atoms with van der Waals surface area (Å²) in [6.45, 7) is 0.408. The smallest absolute Gasteiger partial charge is 0.271 e. The molecule has 1 heterocycles. The molecule has 1 amide bonds. The van der Waals surface area contributed by atoms with Gasteiger partial charge in [-0.05, 0) is 12.3 Å². The number of likely N-dealkylation sites (tertiary alicyclic amines) is 1. The molecule has 5 nitrogen and oxygen atoms in total. The van der Waals surface area contributed by atoms with Crippen LogP contribution in [0.15, 0.2) is 24.2 Å². The third-order valence-corrected chi connectivity index (χ3v) is 2.47. The maximum absolute atomic E-state index is 11.7. The zero-order valence-corrected chi connectivity index (χ0v) is 8.88. The molecule has 0 saturated carbocycles. The van der Waals surface area contributed by atoms with Crippen molar-refractivity contribution in [2.45, 2.75) is 6.42 Å². The molecule has 6 heteroatoms. The average Bonchev–Trinajstić information content (AvgIpc) is 2.24. The second kappa shape index (κ2) is 4.70. The highest BCUT2D eigenvalue weighted by molar-refractivity contribution is 7.84. The number of carbonyl (C=O) groups excluding carboxylic acids is 1. The molecule has 0 spiro atoms. The maximum atomic E-state index is 11.7. The summed E-state index contributed by atoms with van der Waals surface area (Å²) >= 11 is 4.84. The van der Waals surface area contributed by atoms with Gasteiger partial charge in [-0.3, -0.25) is 4.79 Å². The number of allylic oxidation sites excluding steroid dienone is 1. The minimum absolute atomic E-state index is 0.0472. The van der Waals surface area contributed by atoms with E-state index < -0.39 is 0 Å². The second-order valence-corrected chi connectivity index (χ2v) is 3.37. The molecule has 0 aliphatic carbocycles. The van der Waals surface area contributed by atoms with Crippen LogP contribution >= 0.6 is 12.2 Å². The van der Waals surface area contributed by atoms with E-state index in [1.165, 1.54) is 23.4 Å². The van der Waals surface area contributed by atoms with Crippen LogP contribution in [-0.2, 0) is 4.79 Å². The van der Waals surface area contributed by atoms with Crippen molar-refractivity contribution in [2.24, 2.45) is 11.5 Å². The number of nitrogens with one attached hydrogen (secondary N) is 1. The van der Waals surface area contributed by atoms with E-state index in [1.807, 2.05) is 0 Å². The summed E-state index contributed by atoms with van der Waals surface area (Å²) in [6, 6.07) is 0. The molecule has 15 heavy (non-hydrogen) atoms. The zero-order chi connectivity index (χ0) is 11.4. The van der Waals surface area contributed by atoms with Crippen LogP contribution in [0.5, 0.6) is 0 Å². The molecule has 0 radical (unpaired) electrons. The predicted octanol–water partition coefficient (Wildman–Crippen LogP) is -0.119. The number of nitrogens with two attached hydrogens (primary N) is 2. The van der Waals surface area contributed by atoms with Crippen molar-refractivity contribution in [2.75, 3.05) is 6.54 Å². The molecule has 1 aliphatic rings. The van der Waals surface area contributed by atoms with E-state index in [1.54, 1.807) is 0 Å². The van der Waals surface area contributed by atoms with Gasteiger partial charge in [-0.25, -0.2) is 0 Å². The predicted molar refractivity (Wildman–Crippen MR) is 62.3 cm³/mol. The molecule has 0 aromatic carbocycles. The molecule has 1 saturated heterocycles. The van der Waals surface area contributed by atoms with Crippen LogP contribution in [0.2, 0.25) is 0 Å². The van der Waals surface area contributed by atoms with Crippen molar-refractivity contribution in [1.29, 1.82) is 5.41 Å². The third kappa shape index (κ3) is 2.21. The fourth-order valence-electron chi connectivity index (χ4n) is 1.27. The minimum atomic E-state index is -0.365. The molecule has 0 aromatic heterocycles. The maximum Gasteiger partial charge on any atom is 0.271 e. The quantitative estimate of drug-likeness (QED) is 0.450. The lowest BCUT2D eigenvalue weighted by atomic mass is 10.1. The van der Waals surface area contributed by atoms with Crippen LogP contribution in [0.1, 0.15) is 6.42 Å². The number of carbonyl (C=O) groups is 1. The Kier molecular flexibility index (Phi) is 3.56. The van der Waals surface area contributed by atoms with Crippen molar-refractivity contribution in [1.82, 2.24) is 4.90 Å². The summed E-state index contributed by atoms with van der Waals surface area (Å²) in [4.78, 5) is 13.2. The molecular weight excluding hydrogens is 212 g/mol. The first-order valence-corrected chi connectivity index (χ1v) is 4.76. The van der Waals surface area contributed by atoms with E-state index in [0.717, 1.165) is 0 Å². The lowest BCUT2D eigenvalue weighted by Crippen LogP contribution is -2.44.